The number of allylic oxidation sites excluding steroid dienone is 11. The summed E-state index contributed by atoms with van der Waals surface area (Å²) in [5.41, 5.74) is 5.23. The molecule has 0 aromatic heterocycles. The molecule has 0 N–H and O–H groups in total. The Morgan fingerprint density at radius 3 is 2.19 bits per heavy atom. The molecule has 0 amide bonds. The molecule has 0 saturated carbocycles. The van der Waals surface area contributed by atoms with Gasteiger partial charge >= 0.3 is 0 Å². The van der Waals surface area contributed by atoms with Gasteiger partial charge in [-0.25, -0.2) is 0 Å². The average molecular weight is 595 g/mol. The summed E-state index contributed by atoms with van der Waals surface area (Å²) < 4.78 is 11.1. The van der Waals surface area contributed by atoms with Crippen LogP contribution in [0.4, 0.5) is 0 Å². The van der Waals surface area contributed by atoms with Crippen molar-refractivity contribution >= 4 is 6.21 Å². The first kappa shape index (κ1) is 42.3. The van der Waals surface area contributed by atoms with E-state index in [0.717, 1.165) is 31.2 Å². The van der Waals surface area contributed by atoms with Gasteiger partial charge in [0, 0.05) is 25.1 Å². The lowest BCUT2D eigenvalue weighted by Crippen LogP contribution is -2.36. The first-order chi connectivity index (χ1) is 20.9. The van der Waals surface area contributed by atoms with Crippen molar-refractivity contribution in [2.24, 2.45) is 16.8 Å². The second kappa shape index (κ2) is 28.0. The van der Waals surface area contributed by atoms with Gasteiger partial charge < -0.3 is 14.4 Å². The maximum atomic E-state index is 6.16. The molecule has 244 valence electrons. The molecule has 0 aromatic carbocycles. The van der Waals surface area contributed by atoms with E-state index in [2.05, 4.69) is 87.7 Å². The maximum Gasteiger partial charge on any atom is 0.139 e. The summed E-state index contributed by atoms with van der Waals surface area (Å²) in [5.74, 6) is 2.27. The molecule has 1 fully saturated rings. The van der Waals surface area contributed by atoms with Crippen LogP contribution in [0.5, 0.6) is 0 Å². The number of hydrogen-bond acceptors (Lipinski definition) is 4. The normalized spacial score (nSPS) is 21.3. The summed E-state index contributed by atoms with van der Waals surface area (Å²) in [6.45, 7) is 29.9. The lowest BCUT2D eigenvalue weighted by atomic mass is 9.76. The molecule has 4 heteroatoms. The number of nitrogens with zero attached hydrogens (tertiary/aromatic N) is 2. The third kappa shape index (κ3) is 17.8. The number of piperidine rings is 1. The summed E-state index contributed by atoms with van der Waals surface area (Å²) in [4.78, 5) is 6.73. The van der Waals surface area contributed by atoms with E-state index < -0.39 is 0 Å². The first-order valence-corrected chi connectivity index (χ1v) is 16.7. The molecule has 4 nitrogen and oxygen atoms in total. The molecule has 3 aliphatic heterocycles. The van der Waals surface area contributed by atoms with Crippen LogP contribution in [0, 0.1) is 11.8 Å². The van der Waals surface area contributed by atoms with Crippen molar-refractivity contribution in [2.45, 2.75) is 102 Å². The Hall–Kier alpha value is -2.85. The highest BCUT2D eigenvalue weighted by Gasteiger charge is 2.33. The molecule has 2 unspecified atom stereocenters. The summed E-state index contributed by atoms with van der Waals surface area (Å²) >= 11 is 0. The van der Waals surface area contributed by atoms with Crippen molar-refractivity contribution in [3.8, 4) is 0 Å². The summed E-state index contributed by atoms with van der Waals surface area (Å²) in [7, 11) is 2.23. The van der Waals surface area contributed by atoms with Gasteiger partial charge in [0.1, 0.15) is 6.10 Å². The highest BCUT2D eigenvalue weighted by molar-refractivity contribution is 5.74. The van der Waals surface area contributed by atoms with Crippen molar-refractivity contribution in [2.75, 3.05) is 33.3 Å². The Kier molecular flexibility index (Phi) is 27.5. The molecule has 4 aliphatic rings. The van der Waals surface area contributed by atoms with Gasteiger partial charge in [-0.05, 0) is 114 Å². The van der Waals surface area contributed by atoms with Crippen LogP contribution in [-0.4, -0.2) is 50.5 Å². The fourth-order valence-corrected chi connectivity index (χ4v) is 4.68. The molecule has 0 aromatic rings. The highest BCUT2D eigenvalue weighted by Crippen LogP contribution is 2.39. The van der Waals surface area contributed by atoms with E-state index >= 15 is 0 Å². The van der Waals surface area contributed by atoms with E-state index in [9.17, 15) is 0 Å². The van der Waals surface area contributed by atoms with Gasteiger partial charge in [-0.2, -0.15) is 0 Å². The maximum absolute atomic E-state index is 6.16. The van der Waals surface area contributed by atoms with Gasteiger partial charge in [0.05, 0.1) is 18.6 Å². The van der Waals surface area contributed by atoms with Crippen molar-refractivity contribution in [3.63, 3.8) is 0 Å². The molecule has 4 rings (SSSR count). The third-order valence-electron chi connectivity index (χ3n) is 6.91. The second-order valence-electron chi connectivity index (χ2n) is 9.97. The summed E-state index contributed by atoms with van der Waals surface area (Å²) in [5, 5.41) is 0. The molecule has 3 heterocycles. The topological polar surface area (TPSA) is 34.1 Å². The number of hydrogen-bond donors (Lipinski definition) is 0. The van der Waals surface area contributed by atoms with Gasteiger partial charge in [-0.15, -0.1) is 0 Å². The lowest BCUT2D eigenvalue weighted by molar-refractivity contribution is 0.132. The molecular formula is C39H66N2O2. The summed E-state index contributed by atoms with van der Waals surface area (Å²) in [6, 6.07) is 0. The predicted octanol–water partition coefficient (Wildman–Crippen LogP) is 10.8. The van der Waals surface area contributed by atoms with Gasteiger partial charge in [0.15, 0.2) is 0 Å². The fourth-order valence-electron chi connectivity index (χ4n) is 4.68. The van der Waals surface area contributed by atoms with E-state index in [4.69, 9.17) is 9.47 Å². The molecular weight excluding hydrogens is 528 g/mol. The van der Waals surface area contributed by atoms with Crippen LogP contribution in [0.2, 0.25) is 0 Å². The van der Waals surface area contributed by atoms with Crippen molar-refractivity contribution < 1.29 is 9.47 Å². The van der Waals surface area contributed by atoms with E-state index in [1.165, 1.54) is 48.2 Å². The lowest BCUT2D eigenvalue weighted by Gasteiger charge is -2.38. The van der Waals surface area contributed by atoms with Crippen LogP contribution in [-0.2, 0) is 9.47 Å². The van der Waals surface area contributed by atoms with Gasteiger partial charge in [-0.3, -0.25) is 4.99 Å². The molecule has 0 radical (unpaired) electrons. The number of rotatable bonds is 5. The van der Waals surface area contributed by atoms with Crippen molar-refractivity contribution in [1.82, 2.24) is 4.90 Å². The summed E-state index contributed by atoms with van der Waals surface area (Å²) in [6.07, 6.45) is 26.4. The van der Waals surface area contributed by atoms with E-state index in [-0.39, 0.29) is 6.10 Å². The molecule has 0 bridgehead atoms. The smallest absolute Gasteiger partial charge is 0.139 e. The number of aliphatic imine (C=N–C) groups is 1. The SMILES string of the molecule is C=C/C=C\C.CC.CC.CC.CC1=COCC1.CCN=C/C=C(\C)C1=CC=C2C(C=C1)OC(C)=CC2C1CCN(C)CC1. The minimum atomic E-state index is 0.0653. The minimum Gasteiger partial charge on any atom is -0.501 e. The molecule has 2 atom stereocenters. The van der Waals surface area contributed by atoms with Crippen molar-refractivity contribution in [3.05, 3.63) is 95.6 Å². The molecule has 0 spiro atoms. The third-order valence-corrected chi connectivity index (χ3v) is 6.91. The van der Waals surface area contributed by atoms with Crippen LogP contribution < -0.4 is 0 Å². The Labute approximate surface area is 267 Å². The van der Waals surface area contributed by atoms with E-state index in [0.29, 0.717) is 5.92 Å². The Balaban J connectivity index is 0. The second-order valence-corrected chi connectivity index (χ2v) is 9.97. The number of ether oxygens (including phenoxy) is 2. The zero-order chi connectivity index (χ0) is 33.0. The van der Waals surface area contributed by atoms with E-state index in [1.807, 2.05) is 73.1 Å². The van der Waals surface area contributed by atoms with Gasteiger partial charge in [-0.1, -0.05) is 84.6 Å². The number of likely N-dealkylation sites (tertiary alicyclic amines) is 1. The monoisotopic (exact) mass is 595 g/mol. The average Bonchev–Trinajstić information content (AvgIpc) is 3.42. The first-order valence-electron chi connectivity index (χ1n) is 16.7. The quantitative estimate of drug-likeness (QED) is 0.234. The molecule has 43 heavy (non-hydrogen) atoms. The van der Waals surface area contributed by atoms with Crippen LogP contribution >= 0.6 is 0 Å². The number of fused-ring (bicyclic) bond motifs is 1. The Bertz CT molecular complexity index is 967. The zero-order valence-corrected chi connectivity index (χ0v) is 30.0. The Morgan fingerprint density at radius 1 is 1.07 bits per heavy atom. The standard InChI is InChI=1S/C23H32N2O.C5H8O.C5H8.3C2H6/c1-5-24-13-10-17(2)19-6-8-21-22(20-11-14-25(4)15-12-20)16-18(3)26-23(21)9-7-19;1-5-2-3-6-4-5;1-3-5-4-2;3*1-2/h6-10,13,16,20,22-23H,5,11-12,14-15H2,1-4H3;4H,2-3H2,1H3;3-5H,1H2,2H3;3*1-2H3/b17-10+,24-13?;;5-4-;;;. The largest absolute Gasteiger partial charge is 0.501 e. The zero-order valence-electron chi connectivity index (χ0n) is 30.0. The minimum absolute atomic E-state index is 0.0653. The Morgan fingerprint density at radius 2 is 1.72 bits per heavy atom. The highest BCUT2D eigenvalue weighted by atomic mass is 16.5. The van der Waals surface area contributed by atoms with Gasteiger partial charge in [0.25, 0.3) is 0 Å². The van der Waals surface area contributed by atoms with Crippen LogP contribution in [0.3, 0.4) is 0 Å². The van der Waals surface area contributed by atoms with E-state index in [1.54, 1.807) is 6.08 Å². The van der Waals surface area contributed by atoms with Crippen LogP contribution in [0.15, 0.2) is 101 Å². The van der Waals surface area contributed by atoms with Crippen molar-refractivity contribution in [1.29, 1.82) is 0 Å². The predicted molar refractivity (Wildman–Crippen MR) is 194 cm³/mol. The van der Waals surface area contributed by atoms with Gasteiger partial charge in [0.2, 0.25) is 0 Å². The molecule has 1 aliphatic carbocycles. The van der Waals surface area contributed by atoms with Crippen LogP contribution in [0.25, 0.3) is 0 Å². The molecule has 1 saturated heterocycles. The van der Waals surface area contributed by atoms with Crippen LogP contribution in [0.1, 0.15) is 95.4 Å². The fraction of sp³-hybridized carbons (Fsp3) is 0.564.